The zero-order valence-electron chi connectivity index (χ0n) is 9.87. The van der Waals surface area contributed by atoms with Crippen LogP contribution in [-0.4, -0.2) is 30.3 Å². The first kappa shape index (κ1) is 14.3. The number of rotatable bonds is 4. The fourth-order valence-electron chi connectivity index (χ4n) is 1.18. The lowest BCUT2D eigenvalue weighted by molar-refractivity contribution is -0.153. The maximum absolute atomic E-state index is 12.0. The van der Waals surface area contributed by atoms with Gasteiger partial charge in [-0.3, -0.25) is 0 Å². The molecule has 0 fully saturated rings. The van der Waals surface area contributed by atoms with Crippen LogP contribution in [0.1, 0.15) is 23.1 Å². The van der Waals surface area contributed by atoms with Gasteiger partial charge in [-0.05, 0) is 26.0 Å². The zero-order chi connectivity index (χ0) is 13.8. The summed E-state index contributed by atoms with van der Waals surface area (Å²) in [7, 11) is 0. The van der Waals surface area contributed by atoms with Crippen molar-refractivity contribution in [2.75, 3.05) is 13.2 Å². The predicted octanol–water partition coefficient (Wildman–Crippen LogP) is 2.51. The molecule has 100 valence electrons. The average molecular weight is 263 g/mol. The molecule has 0 aromatic carbocycles. The van der Waals surface area contributed by atoms with E-state index in [-0.39, 0.29) is 23.7 Å². The number of hydrogen-bond donors (Lipinski definition) is 0. The molecule has 0 unspecified atom stereocenters. The second kappa shape index (κ2) is 5.70. The van der Waals surface area contributed by atoms with Crippen molar-refractivity contribution in [2.24, 2.45) is 0 Å². The van der Waals surface area contributed by atoms with Crippen LogP contribution in [0.2, 0.25) is 0 Å². The summed E-state index contributed by atoms with van der Waals surface area (Å²) in [6.45, 7) is 1.90. The quantitative estimate of drug-likeness (QED) is 0.783. The predicted molar refractivity (Wildman–Crippen MR) is 56.5 cm³/mol. The Hall–Kier alpha value is -1.79. The molecular weight excluding hydrogens is 251 g/mol. The highest BCUT2D eigenvalue weighted by Crippen LogP contribution is 2.21. The number of ether oxygens (including phenoxy) is 2. The van der Waals surface area contributed by atoms with Crippen LogP contribution in [0.15, 0.2) is 12.1 Å². The van der Waals surface area contributed by atoms with Gasteiger partial charge < -0.3 is 9.47 Å². The number of aryl methyl sites for hydroxylation is 1. The van der Waals surface area contributed by atoms with Crippen LogP contribution in [0.5, 0.6) is 5.75 Å². The highest BCUT2D eigenvalue weighted by Gasteiger charge is 2.28. The van der Waals surface area contributed by atoms with E-state index in [4.69, 9.17) is 4.74 Å². The number of alkyl halides is 3. The molecule has 0 saturated carbocycles. The van der Waals surface area contributed by atoms with Gasteiger partial charge in [-0.1, -0.05) is 0 Å². The Morgan fingerprint density at radius 2 is 2.06 bits per heavy atom. The highest BCUT2D eigenvalue weighted by molar-refractivity contribution is 5.87. The summed E-state index contributed by atoms with van der Waals surface area (Å²) in [5, 5.41) is 0. The van der Waals surface area contributed by atoms with Crippen LogP contribution in [0, 0.1) is 6.92 Å². The van der Waals surface area contributed by atoms with E-state index in [9.17, 15) is 18.0 Å². The van der Waals surface area contributed by atoms with Crippen molar-refractivity contribution in [3.8, 4) is 5.75 Å². The van der Waals surface area contributed by atoms with Crippen molar-refractivity contribution in [3.63, 3.8) is 0 Å². The number of hydrogen-bond acceptors (Lipinski definition) is 4. The zero-order valence-corrected chi connectivity index (χ0v) is 9.87. The number of aromatic nitrogens is 1. The van der Waals surface area contributed by atoms with E-state index in [1.54, 1.807) is 6.92 Å². The van der Waals surface area contributed by atoms with Gasteiger partial charge in [0.25, 0.3) is 0 Å². The summed E-state index contributed by atoms with van der Waals surface area (Å²) in [6, 6.07) is 2.52. The van der Waals surface area contributed by atoms with Crippen LogP contribution in [0.25, 0.3) is 0 Å². The van der Waals surface area contributed by atoms with E-state index in [1.165, 1.54) is 19.1 Å². The molecule has 0 saturated heterocycles. The van der Waals surface area contributed by atoms with E-state index in [0.29, 0.717) is 0 Å². The van der Waals surface area contributed by atoms with E-state index < -0.39 is 18.8 Å². The van der Waals surface area contributed by atoms with Gasteiger partial charge in [-0.2, -0.15) is 13.2 Å². The van der Waals surface area contributed by atoms with Crippen LogP contribution >= 0.6 is 0 Å². The molecule has 0 atom stereocenters. The van der Waals surface area contributed by atoms with Crippen molar-refractivity contribution in [3.05, 3.63) is 23.5 Å². The third-order valence-electron chi connectivity index (χ3n) is 1.91. The number of nitrogens with zero attached hydrogens (tertiary/aromatic N) is 1. The van der Waals surface area contributed by atoms with E-state index in [0.717, 1.165) is 0 Å². The molecule has 0 N–H and O–H groups in total. The van der Waals surface area contributed by atoms with Gasteiger partial charge >= 0.3 is 12.1 Å². The Morgan fingerprint density at radius 3 is 2.56 bits per heavy atom. The fraction of sp³-hybridized carbons (Fsp3) is 0.455. The lowest BCUT2D eigenvalue weighted by atomic mass is 10.3. The van der Waals surface area contributed by atoms with Gasteiger partial charge in [0.05, 0.1) is 12.3 Å². The van der Waals surface area contributed by atoms with Gasteiger partial charge in [0.2, 0.25) is 0 Å². The minimum absolute atomic E-state index is 0.0135. The van der Waals surface area contributed by atoms with Gasteiger partial charge in [-0.25, -0.2) is 9.78 Å². The third kappa shape index (κ3) is 4.23. The molecule has 1 rings (SSSR count). The standard InChI is InChI=1S/C11H12F3NO3/c1-3-17-10(16)8-4-5-9(7(2)15-8)18-6-11(12,13)14/h4-5H,3,6H2,1-2H3. The molecule has 1 aromatic heterocycles. The molecule has 4 nitrogen and oxygen atoms in total. The average Bonchev–Trinajstić information content (AvgIpc) is 2.26. The van der Waals surface area contributed by atoms with Crippen molar-refractivity contribution in [1.82, 2.24) is 4.98 Å². The van der Waals surface area contributed by atoms with Gasteiger partial charge in [0.1, 0.15) is 11.4 Å². The summed E-state index contributed by atoms with van der Waals surface area (Å²) in [5.41, 5.74) is 0.235. The molecule has 1 heterocycles. The largest absolute Gasteiger partial charge is 0.482 e. The molecule has 0 amide bonds. The molecule has 0 aliphatic rings. The van der Waals surface area contributed by atoms with Gasteiger partial charge in [0, 0.05) is 0 Å². The Labute approximate surface area is 102 Å². The number of carbonyl (C=O) groups is 1. The normalized spacial score (nSPS) is 11.2. The summed E-state index contributed by atoms with van der Waals surface area (Å²) < 4.78 is 45.2. The lowest BCUT2D eigenvalue weighted by Crippen LogP contribution is -2.20. The van der Waals surface area contributed by atoms with Gasteiger partial charge in [-0.15, -0.1) is 0 Å². The molecule has 0 spiro atoms. The summed E-state index contributed by atoms with van der Waals surface area (Å²) >= 11 is 0. The maximum Gasteiger partial charge on any atom is 0.422 e. The SMILES string of the molecule is CCOC(=O)c1ccc(OCC(F)(F)F)c(C)n1. The van der Waals surface area contributed by atoms with Crippen molar-refractivity contribution in [1.29, 1.82) is 0 Å². The number of esters is 1. The Kier molecular flexibility index (Phi) is 4.52. The molecule has 18 heavy (non-hydrogen) atoms. The minimum atomic E-state index is -4.41. The van der Waals surface area contributed by atoms with Crippen molar-refractivity contribution in [2.45, 2.75) is 20.0 Å². The second-order valence-electron chi connectivity index (χ2n) is 3.40. The fourth-order valence-corrected chi connectivity index (χ4v) is 1.18. The summed E-state index contributed by atoms with van der Waals surface area (Å²) in [5.74, 6) is -0.636. The Morgan fingerprint density at radius 1 is 1.39 bits per heavy atom. The van der Waals surface area contributed by atoms with Crippen LogP contribution in [-0.2, 0) is 4.74 Å². The number of halogens is 3. The van der Waals surface area contributed by atoms with Crippen LogP contribution < -0.4 is 4.74 Å². The van der Waals surface area contributed by atoms with Crippen molar-refractivity contribution < 1.29 is 27.4 Å². The van der Waals surface area contributed by atoms with Gasteiger partial charge in [0.15, 0.2) is 6.61 Å². The molecule has 0 aliphatic heterocycles. The number of pyridine rings is 1. The molecule has 7 heteroatoms. The third-order valence-corrected chi connectivity index (χ3v) is 1.91. The van der Waals surface area contributed by atoms with E-state index in [2.05, 4.69) is 9.72 Å². The van der Waals surface area contributed by atoms with Crippen LogP contribution in [0.4, 0.5) is 13.2 Å². The monoisotopic (exact) mass is 263 g/mol. The number of carbonyl (C=O) groups excluding carboxylic acids is 1. The minimum Gasteiger partial charge on any atom is -0.482 e. The maximum atomic E-state index is 12.0. The Bertz CT molecular complexity index is 432. The molecule has 0 bridgehead atoms. The Balaban J connectivity index is 2.77. The topological polar surface area (TPSA) is 48.4 Å². The molecule has 1 aromatic rings. The van der Waals surface area contributed by atoms with Crippen molar-refractivity contribution >= 4 is 5.97 Å². The molecule has 0 aliphatic carbocycles. The molecule has 0 radical (unpaired) electrons. The van der Waals surface area contributed by atoms with E-state index >= 15 is 0 Å². The first-order valence-electron chi connectivity index (χ1n) is 5.18. The summed E-state index contributed by atoms with van der Waals surface area (Å²) in [6.07, 6.45) is -4.41. The van der Waals surface area contributed by atoms with Crippen LogP contribution in [0.3, 0.4) is 0 Å². The first-order chi connectivity index (χ1) is 8.33. The van der Waals surface area contributed by atoms with E-state index in [1.807, 2.05) is 0 Å². The smallest absolute Gasteiger partial charge is 0.422 e. The molecular formula is C11H12F3NO3. The summed E-state index contributed by atoms with van der Waals surface area (Å²) in [4.78, 5) is 15.1. The first-order valence-corrected chi connectivity index (χ1v) is 5.18. The second-order valence-corrected chi connectivity index (χ2v) is 3.40. The lowest BCUT2D eigenvalue weighted by Gasteiger charge is -2.11. The highest BCUT2D eigenvalue weighted by atomic mass is 19.4.